The Bertz CT molecular complexity index is 788. The number of pyridine rings is 1. The Hall–Kier alpha value is -3.10. The van der Waals surface area contributed by atoms with Crippen LogP contribution < -0.4 is 4.74 Å². The third-order valence-corrected chi connectivity index (χ3v) is 3.44. The number of rotatable bonds is 8. The van der Waals surface area contributed by atoms with Gasteiger partial charge in [0.1, 0.15) is 6.61 Å². The van der Waals surface area contributed by atoms with Gasteiger partial charge in [-0.25, -0.2) is 9.78 Å². The summed E-state index contributed by atoms with van der Waals surface area (Å²) in [6.45, 7) is 1.39. The Morgan fingerprint density at radius 1 is 1.19 bits per heavy atom. The second-order valence-corrected chi connectivity index (χ2v) is 5.43. The van der Waals surface area contributed by atoms with E-state index < -0.39 is 24.3 Å². The number of carbonyl (C=O) groups is 1. The third-order valence-electron chi connectivity index (χ3n) is 3.44. The maximum atomic E-state index is 12.5. The Labute approximate surface area is 153 Å². The van der Waals surface area contributed by atoms with Crippen molar-refractivity contribution in [2.45, 2.75) is 26.1 Å². The van der Waals surface area contributed by atoms with Crippen LogP contribution in [0, 0.1) is 0 Å². The molecule has 0 aliphatic rings. The van der Waals surface area contributed by atoms with E-state index in [-0.39, 0.29) is 12.5 Å². The number of carboxylic acids is 1. The van der Waals surface area contributed by atoms with Gasteiger partial charge in [0, 0.05) is 17.8 Å². The molecular formula is C18H17F3N2O4. The molecule has 27 heavy (non-hydrogen) atoms. The van der Waals surface area contributed by atoms with Crippen molar-refractivity contribution in [2.24, 2.45) is 5.16 Å². The van der Waals surface area contributed by atoms with E-state index in [9.17, 15) is 18.0 Å². The number of halogens is 3. The Kier molecular flexibility index (Phi) is 6.75. The lowest BCUT2D eigenvalue weighted by Gasteiger charge is -2.08. The third kappa shape index (κ3) is 6.28. The van der Waals surface area contributed by atoms with Crippen molar-refractivity contribution in [3.8, 4) is 5.88 Å². The van der Waals surface area contributed by atoms with Crippen LogP contribution in [-0.4, -0.2) is 28.4 Å². The molecule has 0 spiro atoms. The molecule has 0 atom stereocenters. The maximum Gasteiger partial charge on any atom is 0.416 e. The van der Waals surface area contributed by atoms with E-state index in [4.69, 9.17) is 14.7 Å². The highest BCUT2D eigenvalue weighted by molar-refractivity contribution is 5.99. The van der Waals surface area contributed by atoms with Gasteiger partial charge < -0.3 is 14.7 Å². The molecular weight excluding hydrogens is 365 g/mol. The molecule has 0 unspecified atom stereocenters. The van der Waals surface area contributed by atoms with Gasteiger partial charge in [-0.3, -0.25) is 0 Å². The zero-order valence-corrected chi connectivity index (χ0v) is 14.4. The van der Waals surface area contributed by atoms with E-state index in [1.54, 1.807) is 6.07 Å². The van der Waals surface area contributed by atoms with Gasteiger partial charge in [0.2, 0.25) is 5.88 Å². The van der Waals surface area contributed by atoms with Crippen LogP contribution in [0.5, 0.6) is 5.88 Å². The fourth-order valence-corrected chi connectivity index (χ4v) is 2.07. The summed E-state index contributed by atoms with van der Waals surface area (Å²) < 4.78 is 42.5. The SMILES string of the molecule is CC/C(=N\OCc1ccc(C(F)(F)F)cc1)c1ccc(OCC(=O)O)nc1. The quantitative estimate of drug-likeness (QED) is 0.553. The molecule has 1 aromatic heterocycles. The topological polar surface area (TPSA) is 81.0 Å². The molecule has 0 aliphatic heterocycles. The minimum absolute atomic E-state index is 0.0227. The van der Waals surface area contributed by atoms with E-state index in [1.807, 2.05) is 6.92 Å². The fraction of sp³-hybridized carbons (Fsp3) is 0.278. The number of benzene rings is 1. The Balaban J connectivity index is 1.96. The number of hydrogen-bond acceptors (Lipinski definition) is 5. The molecule has 0 bridgehead atoms. The van der Waals surface area contributed by atoms with E-state index in [2.05, 4.69) is 10.1 Å². The van der Waals surface area contributed by atoms with Gasteiger partial charge in [-0.15, -0.1) is 0 Å². The highest BCUT2D eigenvalue weighted by Gasteiger charge is 2.29. The Morgan fingerprint density at radius 2 is 1.89 bits per heavy atom. The highest BCUT2D eigenvalue weighted by atomic mass is 19.4. The smallest absolute Gasteiger partial charge is 0.416 e. The molecule has 144 valence electrons. The van der Waals surface area contributed by atoms with E-state index >= 15 is 0 Å². The summed E-state index contributed by atoms with van der Waals surface area (Å²) in [6, 6.07) is 7.82. The van der Waals surface area contributed by atoms with Crippen LogP contribution in [0.2, 0.25) is 0 Å². The van der Waals surface area contributed by atoms with Crippen molar-refractivity contribution < 1.29 is 32.6 Å². The average Bonchev–Trinajstić information content (AvgIpc) is 2.64. The number of alkyl halides is 3. The molecule has 6 nitrogen and oxygen atoms in total. The molecule has 0 fully saturated rings. The van der Waals surface area contributed by atoms with E-state index in [1.165, 1.54) is 24.4 Å². The van der Waals surface area contributed by atoms with Crippen LogP contribution in [0.25, 0.3) is 0 Å². The molecule has 0 radical (unpaired) electrons. The molecule has 1 N–H and O–H groups in total. The fourth-order valence-electron chi connectivity index (χ4n) is 2.07. The van der Waals surface area contributed by atoms with Crippen LogP contribution >= 0.6 is 0 Å². The lowest BCUT2D eigenvalue weighted by atomic mass is 10.1. The monoisotopic (exact) mass is 382 g/mol. The van der Waals surface area contributed by atoms with Crippen LogP contribution in [0.3, 0.4) is 0 Å². The standard InChI is InChI=1S/C18H17F3N2O4/c1-2-15(13-5-8-16(22-9-13)26-11-17(24)25)23-27-10-12-3-6-14(7-4-12)18(19,20)21/h3-9H,2,10-11H2,1H3,(H,24,25)/b23-15+. The molecule has 9 heteroatoms. The minimum atomic E-state index is -4.37. The summed E-state index contributed by atoms with van der Waals surface area (Å²) in [5.41, 5.74) is 1.07. The number of oxime groups is 1. The molecule has 0 saturated heterocycles. The number of carboxylic acid groups (broad SMARTS) is 1. The van der Waals surface area contributed by atoms with Gasteiger partial charge in [0.05, 0.1) is 11.3 Å². The lowest BCUT2D eigenvalue weighted by molar-refractivity contribution is -0.139. The average molecular weight is 382 g/mol. The first-order chi connectivity index (χ1) is 12.8. The summed E-state index contributed by atoms with van der Waals surface area (Å²) in [5, 5.41) is 12.6. The number of aromatic nitrogens is 1. The zero-order chi connectivity index (χ0) is 19.9. The molecule has 0 saturated carbocycles. The van der Waals surface area contributed by atoms with Crippen molar-refractivity contribution in [2.75, 3.05) is 6.61 Å². The molecule has 2 rings (SSSR count). The van der Waals surface area contributed by atoms with Crippen molar-refractivity contribution >= 4 is 11.7 Å². The first kappa shape index (κ1) is 20.2. The highest BCUT2D eigenvalue weighted by Crippen LogP contribution is 2.29. The van der Waals surface area contributed by atoms with Gasteiger partial charge >= 0.3 is 12.1 Å². The molecule has 0 aliphatic carbocycles. The summed E-state index contributed by atoms with van der Waals surface area (Å²) in [5.74, 6) is -0.935. The predicted octanol–water partition coefficient (Wildman–Crippen LogP) is 3.89. The van der Waals surface area contributed by atoms with Crippen molar-refractivity contribution in [1.29, 1.82) is 0 Å². The van der Waals surface area contributed by atoms with Crippen LogP contribution in [0.1, 0.15) is 30.0 Å². The second kappa shape index (κ2) is 9.02. The van der Waals surface area contributed by atoms with Gasteiger partial charge in [-0.1, -0.05) is 24.2 Å². The summed E-state index contributed by atoms with van der Waals surface area (Å²) in [6.07, 6.45) is -2.37. The first-order valence-corrected chi connectivity index (χ1v) is 7.95. The summed E-state index contributed by atoms with van der Waals surface area (Å²) >= 11 is 0. The largest absolute Gasteiger partial charge is 0.479 e. The lowest BCUT2D eigenvalue weighted by Crippen LogP contribution is -2.10. The van der Waals surface area contributed by atoms with E-state index in [0.717, 1.165) is 12.1 Å². The first-order valence-electron chi connectivity index (χ1n) is 7.95. The van der Waals surface area contributed by atoms with E-state index in [0.29, 0.717) is 23.3 Å². The summed E-state index contributed by atoms with van der Waals surface area (Å²) in [7, 11) is 0. The number of aliphatic carboxylic acids is 1. The van der Waals surface area contributed by atoms with Crippen LogP contribution in [-0.2, 0) is 22.4 Å². The normalized spacial score (nSPS) is 11.9. The van der Waals surface area contributed by atoms with Gasteiger partial charge in [0.15, 0.2) is 6.61 Å². The van der Waals surface area contributed by atoms with Crippen LogP contribution in [0.4, 0.5) is 13.2 Å². The van der Waals surface area contributed by atoms with Gasteiger partial charge in [-0.05, 0) is 30.2 Å². The van der Waals surface area contributed by atoms with Crippen molar-refractivity contribution in [3.63, 3.8) is 0 Å². The number of nitrogens with zero attached hydrogens (tertiary/aromatic N) is 2. The molecule has 2 aromatic rings. The summed E-state index contributed by atoms with van der Waals surface area (Å²) in [4.78, 5) is 19.7. The van der Waals surface area contributed by atoms with Crippen molar-refractivity contribution in [3.05, 3.63) is 59.3 Å². The minimum Gasteiger partial charge on any atom is -0.479 e. The predicted molar refractivity (Wildman–Crippen MR) is 90.4 cm³/mol. The van der Waals surface area contributed by atoms with Crippen LogP contribution in [0.15, 0.2) is 47.8 Å². The number of hydrogen-bond donors (Lipinski definition) is 1. The van der Waals surface area contributed by atoms with Crippen molar-refractivity contribution in [1.82, 2.24) is 4.98 Å². The Morgan fingerprint density at radius 3 is 2.41 bits per heavy atom. The zero-order valence-electron chi connectivity index (χ0n) is 14.4. The molecule has 0 amide bonds. The maximum absolute atomic E-state index is 12.5. The number of ether oxygens (including phenoxy) is 1. The van der Waals surface area contributed by atoms with Gasteiger partial charge in [0.25, 0.3) is 0 Å². The second-order valence-electron chi connectivity index (χ2n) is 5.43. The molecule has 1 heterocycles. The van der Waals surface area contributed by atoms with Gasteiger partial charge in [-0.2, -0.15) is 13.2 Å². The molecule has 1 aromatic carbocycles.